The fourth-order valence-corrected chi connectivity index (χ4v) is 1.28. The van der Waals surface area contributed by atoms with Crippen LogP contribution in [0.1, 0.15) is 26.2 Å². The molecule has 0 fully saturated rings. The number of anilines is 1. The van der Waals surface area contributed by atoms with E-state index in [1.54, 1.807) is 0 Å². The Bertz CT molecular complexity index is 326. The largest absolute Gasteiger partial charge is 0.383 e. The van der Waals surface area contributed by atoms with Crippen molar-refractivity contribution in [1.29, 1.82) is 0 Å². The van der Waals surface area contributed by atoms with Crippen LogP contribution in [0.2, 0.25) is 0 Å². The van der Waals surface area contributed by atoms with Crippen LogP contribution in [0.25, 0.3) is 0 Å². The van der Waals surface area contributed by atoms with Gasteiger partial charge < -0.3 is 5.32 Å². The molecule has 4 heteroatoms. The molecule has 0 aliphatic carbocycles. The van der Waals surface area contributed by atoms with Gasteiger partial charge in [0.1, 0.15) is 5.82 Å². The second-order valence-electron chi connectivity index (χ2n) is 3.38. The smallest absolute Gasteiger partial charge is 0.182 e. The predicted molar refractivity (Wildman–Crippen MR) is 54.3 cm³/mol. The second-order valence-corrected chi connectivity index (χ2v) is 3.38. The highest BCUT2D eigenvalue weighted by atomic mass is 19.2. The fourth-order valence-electron chi connectivity index (χ4n) is 1.28. The number of rotatable bonds is 5. The molecule has 1 rings (SSSR count). The van der Waals surface area contributed by atoms with E-state index in [0.29, 0.717) is 12.6 Å². The first-order valence-corrected chi connectivity index (χ1v) is 5.03. The number of hydrogen-bond acceptors (Lipinski definition) is 1. The third-order valence-electron chi connectivity index (χ3n) is 2.09. The van der Waals surface area contributed by atoms with Crippen molar-refractivity contribution < 1.29 is 13.2 Å². The van der Waals surface area contributed by atoms with Crippen LogP contribution in [0, 0.1) is 17.5 Å². The van der Waals surface area contributed by atoms with E-state index in [-0.39, 0.29) is 5.69 Å². The summed E-state index contributed by atoms with van der Waals surface area (Å²) in [5.74, 6) is -2.95. The first-order valence-electron chi connectivity index (χ1n) is 5.03. The second kappa shape index (κ2) is 5.63. The maximum atomic E-state index is 13.1. The van der Waals surface area contributed by atoms with Crippen LogP contribution in [0.3, 0.4) is 0 Å². The van der Waals surface area contributed by atoms with Gasteiger partial charge in [-0.3, -0.25) is 0 Å². The lowest BCUT2D eigenvalue weighted by Gasteiger charge is -2.07. The van der Waals surface area contributed by atoms with Gasteiger partial charge in [-0.15, -0.1) is 0 Å². The molecular weight excluding hydrogens is 203 g/mol. The van der Waals surface area contributed by atoms with Gasteiger partial charge in [-0.2, -0.15) is 0 Å². The van der Waals surface area contributed by atoms with E-state index in [1.807, 2.05) is 6.92 Å². The lowest BCUT2D eigenvalue weighted by molar-refractivity contribution is 0.497. The Labute approximate surface area is 87.3 Å². The molecular formula is C11H14F3N. The third kappa shape index (κ3) is 3.46. The molecule has 0 spiro atoms. The van der Waals surface area contributed by atoms with Gasteiger partial charge in [-0.25, -0.2) is 13.2 Å². The Hall–Kier alpha value is -1.19. The molecule has 15 heavy (non-hydrogen) atoms. The molecule has 0 heterocycles. The van der Waals surface area contributed by atoms with Crippen molar-refractivity contribution in [2.75, 3.05) is 11.9 Å². The SMILES string of the molecule is CCCCCNc1cc(F)cc(F)c1F. The topological polar surface area (TPSA) is 12.0 Å². The average Bonchev–Trinajstić information content (AvgIpc) is 2.19. The maximum absolute atomic E-state index is 13.1. The van der Waals surface area contributed by atoms with Crippen molar-refractivity contribution in [1.82, 2.24) is 0 Å². The van der Waals surface area contributed by atoms with Gasteiger partial charge in [-0.05, 0) is 6.42 Å². The summed E-state index contributed by atoms with van der Waals surface area (Å²) in [6.07, 6.45) is 2.90. The summed E-state index contributed by atoms with van der Waals surface area (Å²) in [6.45, 7) is 2.57. The van der Waals surface area contributed by atoms with Crippen LogP contribution in [-0.4, -0.2) is 6.54 Å². The van der Waals surface area contributed by atoms with Gasteiger partial charge >= 0.3 is 0 Å². The quantitative estimate of drug-likeness (QED) is 0.585. The monoisotopic (exact) mass is 217 g/mol. The zero-order valence-electron chi connectivity index (χ0n) is 8.62. The van der Waals surface area contributed by atoms with Crippen LogP contribution >= 0.6 is 0 Å². The normalized spacial score (nSPS) is 10.4. The first kappa shape index (κ1) is 11.9. The summed E-state index contributed by atoms with van der Waals surface area (Å²) in [7, 11) is 0. The molecule has 0 saturated heterocycles. The number of halogens is 3. The minimum atomic E-state index is -1.16. The summed E-state index contributed by atoms with van der Waals surface area (Å²) in [5.41, 5.74) is -0.108. The Balaban J connectivity index is 2.60. The number of nitrogens with one attached hydrogen (secondary N) is 1. The van der Waals surface area contributed by atoms with Crippen LogP contribution in [0.4, 0.5) is 18.9 Å². The van der Waals surface area contributed by atoms with Crippen molar-refractivity contribution in [3.05, 3.63) is 29.6 Å². The Morgan fingerprint density at radius 3 is 2.53 bits per heavy atom. The lowest BCUT2D eigenvalue weighted by atomic mass is 10.2. The van der Waals surface area contributed by atoms with Crippen molar-refractivity contribution in [3.63, 3.8) is 0 Å². The number of benzene rings is 1. The summed E-state index contributed by atoms with van der Waals surface area (Å²) < 4.78 is 38.6. The molecule has 1 aromatic carbocycles. The minimum Gasteiger partial charge on any atom is -0.383 e. The van der Waals surface area contributed by atoms with Gasteiger partial charge in [0.05, 0.1) is 5.69 Å². The van der Waals surface area contributed by atoms with Gasteiger partial charge in [0.15, 0.2) is 11.6 Å². The van der Waals surface area contributed by atoms with Gasteiger partial charge in [0, 0.05) is 18.7 Å². The van der Waals surface area contributed by atoms with E-state index < -0.39 is 17.5 Å². The molecule has 84 valence electrons. The van der Waals surface area contributed by atoms with E-state index in [4.69, 9.17) is 0 Å². The fraction of sp³-hybridized carbons (Fsp3) is 0.455. The minimum absolute atomic E-state index is 0.108. The molecule has 0 aromatic heterocycles. The van der Waals surface area contributed by atoms with E-state index in [2.05, 4.69) is 5.32 Å². The van der Waals surface area contributed by atoms with Crippen LogP contribution in [-0.2, 0) is 0 Å². The highest BCUT2D eigenvalue weighted by molar-refractivity contribution is 5.45. The highest BCUT2D eigenvalue weighted by Gasteiger charge is 2.09. The summed E-state index contributed by atoms with van der Waals surface area (Å²) >= 11 is 0. The van der Waals surface area contributed by atoms with Crippen molar-refractivity contribution in [3.8, 4) is 0 Å². The molecule has 0 amide bonds. The van der Waals surface area contributed by atoms with E-state index in [9.17, 15) is 13.2 Å². The van der Waals surface area contributed by atoms with E-state index >= 15 is 0 Å². The van der Waals surface area contributed by atoms with E-state index in [0.717, 1.165) is 25.3 Å². The molecule has 1 N–H and O–H groups in total. The number of hydrogen-bond donors (Lipinski definition) is 1. The molecule has 0 unspecified atom stereocenters. The Morgan fingerprint density at radius 1 is 1.13 bits per heavy atom. The molecule has 1 aromatic rings. The Kier molecular flexibility index (Phi) is 4.46. The molecule has 0 bridgehead atoms. The standard InChI is InChI=1S/C11H14F3N/c1-2-3-4-5-15-10-7-8(12)6-9(13)11(10)14/h6-7,15H,2-5H2,1H3. The lowest BCUT2D eigenvalue weighted by Crippen LogP contribution is -2.05. The maximum Gasteiger partial charge on any atom is 0.182 e. The number of unbranched alkanes of at least 4 members (excludes halogenated alkanes) is 2. The Morgan fingerprint density at radius 2 is 1.87 bits per heavy atom. The molecule has 0 saturated carbocycles. The van der Waals surface area contributed by atoms with Crippen molar-refractivity contribution in [2.45, 2.75) is 26.2 Å². The van der Waals surface area contributed by atoms with Gasteiger partial charge in [0.25, 0.3) is 0 Å². The molecule has 0 aliphatic heterocycles. The van der Waals surface area contributed by atoms with E-state index in [1.165, 1.54) is 0 Å². The van der Waals surface area contributed by atoms with Crippen molar-refractivity contribution >= 4 is 5.69 Å². The zero-order valence-corrected chi connectivity index (χ0v) is 8.62. The highest BCUT2D eigenvalue weighted by Crippen LogP contribution is 2.19. The van der Waals surface area contributed by atoms with Crippen LogP contribution < -0.4 is 5.32 Å². The van der Waals surface area contributed by atoms with Crippen LogP contribution in [0.5, 0.6) is 0 Å². The van der Waals surface area contributed by atoms with Crippen LogP contribution in [0.15, 0.2) is 12.1 Å². The average molecular weight is 217 g/mol. The first-order chi connectivity index (χ1) is 7.15. The van der Waals surface area contributed by atoms with Crippen molar-refractivity contribution in [2.24, 2.45) is 0 Å². The molecule has 0 radical (unpaired) electrons. The summed E-state index contributed by atoms with van der Waals surface area (Å²) in [4.78, 5) is 0. The predicted octanol–water partition coefficient (Wildman–Crippen LogP) is 3.71. The van der Waals surface area contributed by atoms with Gasteiger partial charge in [-0.1, -0.05) is 19.8 Å². The molecule has 0 atom stereocenters. The summed E-state index contributed by atoms with van der Waals surface area (Å²) in [6, 6.07) is 1.50. The third-order valence-corrected chi connectivity index (χ3v) is 2.09. The summed E-state index contributed by atoms with van der Waals surface area (Å²) in [5, 5.41) is 2.67. The molecule has 0 aliphatic rings. The van der Waals surface area contributed by atoms with Gasteiger partial charge in [0.2, 0.25) is 0 Å². The molecule has 1 nitrogen and oxygen atoms in total. The zero-order chi connectivity index (χ0) is 11.3.